The van der Waals surface area contributed by atoms with Crippen LogP contribution in [0.1, 0.15) is 30.9 Å². The van der Waals surface area contributed by atoms with Crippen LogP contribution in [0.3, 0.4) is 0 Å². The van der Waals surface area contributed by atoms with Crippen LogP contribution in [0.15, 0.2) is 30.8 Å². The number of benzene rings is 1. The Labute approximate surface area is 110 Å². The maximum atomic E-state index is 6.44. The first-order valence-corrected chi connectivity index (χ1v) is 6.51. The summed E-state index contributed by atoms with van der Waals surface area (Å²) in [6.07, 6.45) is 4.21. The Morgan fingerprint density at radius 1 is 1.44 bits per heavy atom. The molecule has 0 aliphatic carbocycles. The molecule has 0 aliphatic heterocycles. The quantitative estimate of drug-likeness (QED) is 0.685. The van der Waals surface area contributed by atoms with Crippen molar-refractivity contribution in [1.29, 1.82) is 0 Å². The van der Waals surface area contributed by atoms with Gasteiger partial charge < -0.3 is 17.2 Å². The first kappa shape index (κ1) is 14.9. The summed E-state index contributed by atoms with van der Waals surface area (Å²) in [5, 5.41) is 0. The lowest BCUT2D eigenvalue weighted by Crippen LogP contribution is -2.57. The van der Waals surface area contributed by atoms with Crippen molar-refractivity contribution in [2.24, 2.45) is 17.2 Å². The van der Waals surface area contributed by atoms with Crippen molar-refractivity contribution in [3.05, 3.63) is 42.0 Å². The van der Waals surface area contributed by atoms with E-state index in [1.165, 1.54) is 5.56 Å². The first-order chi connectivity index (χ1) is 8.55. The van der Waals surface area contributed by atoms with Gasteiger partial charge in [0.15, 0.2) is 0 Å². The van der Waals surface area contributed by atoms with Gasteiger partial charge in [0.2, 0.25) is 0 Å². The molecule has 0 saturated carbocycles. The minimum atomic E-state index is -0.390. The van der Waals surface area contributed by atoms with Crippen LogP contribution in [0.25, 0.3) is 6.08 Å². The van der Waals surface area contributed by atoms with Gasteiger partial charge in [0, 0.05) is 11.6 Å². The monoisotopic (exact) mass is 247 g/mol. The smallest absolute Gasteiger partial charge is 0.0346 e. The van der Waals surface area contributed by atoms with Gasteiger partial charge >= 0.3 is 0 Å². The zero-order chi connectivity index (χ0) is 13.6. The Kier molecular flexibility index (Phi) is 5.54. The van der Waals surface area contributed by atoms with Crippen LogP contribution in [0.4, 0.5) is 0 Å². The van der Waals surface area contributed by atoms with Gasteiger partial charge in [-0.3, -0.25) is 0 Å². The number of hydrogen-bond donors (Lipinski definition) is 3. The van der Waals surface area contributed by atoms with Gasteiger partial charge in [0.25, 0.3) is 0 Å². The van der Waals surface area contributed by atoms with E-state index in [0.29, 0.717) is 6.54 Å². The van der Waals surface area contributed by atoms with Gasteiger partial charge in [0.1, 0.15) is 0 Å². The van der Waals surface area contributed by atoms with Gasteiger partial charge in [-0.05, 0) is 36.9 Å². The summed E-state index contributed by atoms with van der Waals surface area (Å²) in [4.78, 5) is 0. The fourth-order valence-corrected chi connectivity index (χ4v) is 2.20. The highest BCUT2D eigenvalue weighted by molar-refractivity contribution is 5.48. The van der Waals surface area contributed by atoms with Gasteiger partial charge in [-0.2, -0.15) is 0 Å². The molecule has 1 aromatic rings. The molecular weight excluding hydrogens is 222 g/mol. The van der Waals surface area contributed by atoms with Crippen LogP contribution >= 0.6 is 0 Å². The zero-order valence-corrected chi connectivity index (χ0v) is 11.2. The van der Waals surface area contributed by atoms with E-state index >= 15 is 0 Å². The van der Waals surface area contributed by atoms with E-state index in [1.54, 1.807) is 0 Å². The molecule has 0 aliphatic rings. The molecule has 3 nitrogen and oxygen atoms in total. The summed E-state index contributed by atoms with van der Waals surface area (Å²) in [5.74, 6) is 0. The summed E-state index contributed by atoms with van der Waals surface area (Å²) >= 11 is 0. The molecule has 2 unspecified atom stereocenters. The predicted molar refractivity (Wildman–Crippen MR) is 79.1 cm³/mol. The molecule has 0 saturated heterocycles. The molecule has 0 aromatic heterocycles. The van der Waals surface area contributed by atoms with Crippen molar-refractivity contribution < 1.29 is 0 Å². The fourth-order valence-electron chi connectivity index (χ4n) is 2.20. The molecule has 2 atom stereocenters. The number of nitrogens with two attached hydrogens (primary N) is 3. The summed E-state index contributed by atoms with van der Waals surface area (Å²) in [6, 6.07) is 8.18. The van der Waals surface area contributed by atoms with Crippen molar-refractivity contribution in [1.82, 2.24) is 0 Å². The second kappa shape index (κ2) is 6.69. The van der Waals surface area contributed by atoms with Crippen molar-refractivity contribution in [3.63, 3.8) is 0 Å². The third-order valence-electron chi connectivity index (χ3n) is 3.59. The highest BCUT2D eigenvalue weighted by Gasteiger charge is 2.30. The predicted octanol–water partition coefficient (Wildman–Crippen LogP) is 1.66. The van der Waals surface area contributed by atoms with Crippen LogP contribution in [-0.2, 0) is 6.42 Å². The van der Waals surface area contributed by atoms with E-state index in [9.17, 15) is 0 Å². The van der Waals surface area contributed by atoms with E-state index in [4.69, 9.17) is 17.2 Å². The summed E-state index contributed by atoms with van der Waals surface area (Å²) < 4.78 is 0. The largest absolute Gasteiger partial charge is 0.330 e. The van der Waals surface area contributed by atoms with Crippen LogP contribution in [0.2, 0.25) is 0 Å². The molecular formula is C15H25N3. The highest BCUT2D eigenvalue weighted by atomic mass is 14.9. The third-order valence-corrected chi connectivity index (χ3v) is 3.59. The minimum Gasteiger partial charge on any atom is -0.330 e. The van der Waals surface area contributed by atoms with E-state index in [0.717, 1.165) is 24.8 Å². The summed E-state index contributed by atoms with van der Waals surface area (Å²) in [5.41, 5.74) is 20.1. The molecule has 0 bridgehead atoms. The SMILES string of the molecule is C=Cc1cccc(CC(N)(CC)C(N)CCN)c1. The van der Waals surface area contributed by atoms with Gasteiger partial charge in [-0.25, -0.2) is 0 Å². The van der Waals surface area contributed by atoms with E-state index in [-0.39, 0.29) is 11.6 Å². The Hall–Kier alpha value is -1.16. The van der Waals surface area contributed by atoms with Gasteiger partial charge in [-0.15, -0.1) is 0 Å². The maximum Gasteiger partial charge on any atom is 0.0346 e. The zero-order valence-electron chi connectivity index (χ0n) is 11.2. The molecule has 0 fully saturated rings. The first-order valence-electron chi connectivity index (χ1n) is 6.51. The lowest BCUT2D eigenvalue weighted by Gasteiger charge is -2.34. The second-order valence-electron chi connectivity index (χ2n) is 4.90. The summed E-state index contributed by atoms with van der Waals surface area (Å²) in [7, 11) is 0. The Morgan fingerprint density at radius 3 is 2.72 bits per heavy atom. The lowest BCUT2D eigenvalue weighted by atomic mass is 9.81. The standard InChI is InChI=1S/C15H25N3/c1-3-12-6-5-7-13(10-12)11-15(18,4-2)14(17)8-9-16/h3,5-7,10,14H,1,4,8-9,11,16-18H2,2H3. The van der Waals surface area contributed by atoms with Crippen molar-refractivity contribution in [2.45, 2.75) is 37.8 Å². The molecule has 0 radical (unpaired) electrons. The molecule has 100 valence electrons. The average molecular weight is 247 g/mol. The molecule has 1 rings (SSSR count). The third kappa shape index (κ3) is 3.67. The molecule has 6 N–H and O–H groups in total. The number of rotatable bonds is 7. The average Bonchev–Trinajstić information content (AvgIpc) is 2.39. The molecule has 0 heterocycles. The molecule has 3 heteroatoms. The second-order valence-corrected chi connectivity index (χ2v) is 4.90. The van der Waals surface area contributed by atoms with Crippen molar-refractivity contribution >= 4 is 6.08 Å². The van der Waals surface area contributed by atoms with Crippen LogP contribution < -0.4 is 17.2 Å². The van der Waals surface area contributed by atoms with Crippen molar-refractivity contribution in [2.75, 3.05) is 6.54 Å². The van der Waals surface area contributed by atoms with Crippen LogP contribution in [-0.4, -0.2) is 18.1 Å². The summed E-state index contributed by atoms with van der Waals surface area (Å²) in [6.45, 7) is 6.43. The normalized spacial score (nSPS) is 16.0. The lowest BCUT2D eigenvalue weighted by molar-refractivity contribution is 0.317. The highest BCUT2D eigenvalue weighted by Crippen LogP contribution is 2.20. The molecule has 1 aromatic carbocycles. The maximum absolute atomic E-state index is 6.44. The van der Waals surface area contributed by atoms with E-state index in [2.05, 4.69) is 25.6 Å². The Balaban J connectivity index is 2.86. The van der Waals surface area contributed by atoms with Crippen molar-refractivity contribution in [3.8, 4) is 0 Å². The topological polar surface area (TPSA) is 78.1 Å². The molecule has 18 heavy (non-hydrogen) atoms. The van der Waals surface area contributed by atoms with Gasteiger partial charge in [-0.1, -0.05) is 43.8 Å². The number of hydrogen-bond acceptors (Lipinski definition) is 3. The minimum absolute atomic E-state index is 0.0695. The Bertz CT molecular complexity index is 389. The fraction of sp³-hybridized carbons (Fsp3) is 0.467. The molecule has 0 spiro atoms. The van der Waals surface area contributed by atoms with Crippen LogP contribution in [0, 0.1) is 0 Å². The van der Waals surface area contributed by atoms with Gasteiger partial charge in [0.05, 0.1) is 0 Å². The Morgan fingerprint density at radius 2 is 2.17 bits per heavy atom. The molecule has 0 amide bonds. The van der Waals surface area contributed by atoms with Crippen LogP contribution in [0.5, 0.6) is 0 Å². The van der Waals surface area contributed by atoms with E-state index in [1.807, 2.05) is 18.2 Å². The van der Waals surface area contributed by atoms with E-state index < -0.39 is 0 Å².